The van der Waals surface area contributed by atoms with Crippen LogP contribution in [0.5, 0.6) is 0 Å². The van der Waals surface area contributed by atoms with Crippen LogP contribution >= 0.6 is 11.3 Å². The smallest absolute Gasteiger partial charge is 0.326 e. The van der Waals surface area contributed by atoms with Crippen LogP contribution in [0.1, 0.15) is 28.7 Å². The number of hydrogen-bond acceptors (Lipinski definition) is 5. The van der Waals surface area contributed by atoms with Crippen molar-refractivity contribution in [1.82, 2.24) is 14.3 Å². The van der Waals surface area contributed by atoms with Crippen LogP contribution in [0.25, 0.3) is 10.2 Å². The molecule has 136 valence electrons. The minimum absolute atomic E-state index is 0.00423. The highest BCUT2D eigenvalue weighted by atomic mass is 32.1. The van der Waals surface area contributed by atoms with Crippen LogP contribution in [0.4, 0.5) is 0 Å². The van der Waals surface area contributed by atoms with Crippen molar-refractivity contribution in [2.45, 2.75) is 27.3 Å². The van der Waals surface area contributed by atoms with Crippen molar-refractivity contribution in [1.29, 1.82) is 0 Å². The van der Waals surface area contributed by atoms with Crippen LogP contribution in [0.2, 0.25) is 0 Å². The van der Waals surface area contributed by atoms with E-state index in [9.17, 15) is 9.59 Å². The Hall–Kier alpha value is -2.74. The highest BCUT2D eigenvalue weighted by molar-refractivity contribution is 7.16. The van der Waals surface area contributed by atoms with Gasteiger partial charge in [-0.1, -0.05) is 17.4 Å². The molecule has 0 atom stereocenters. The minimum Gasteiger partial charge on any atom is -0.465 e. The van der Waals surface area contributed by atoms with Crippen molar-refractivity contribution >= 4 is 33.4 Å². The van der Waals surface area contributed by atoms with E-state index in [1.165, 1.54) is 11.3 Å². The topological polar surface area (TPSA) is 78.5 Å². The van der Waals surface area contributed by atoms with E-state index in [2.05, 4.69) is 10.1 Å². The summed E-state index contributed by atoms with van der Waals surface area (Å²) in [5.74, 6) is -0.801. The lowest BCUT2D eigenvalue weighted by Gasteiger charge is -2.05. The summed E-state index contributed by atoms with van der Waals surface area (Å²) in [6.45, 7) is 5.93. The summed E-state index contributed by atoms with van der Waals surface area (Å²) in [5, 5.41) is 4.17. The molecule has 0 N–H and O–H groups in total. The van der Waals surface area contributed by atoms with Crippen molar-refractivity contribution in [3.63, 3.8) is 0 Å². The molecule has 0 aliphatic rings. The summed E-state index contributed by atoms with van der Waals surface area (Å²) in [5.41, 5.74) is 3.09. The molecule has 3 aromatic rings. The van der Waals surface area contributed by atoms with Gasteiger partial charge in [-0.25, -0.2) is 0 Å². The number of esters is 1. The normalized spacial score (nSPS) is 11.9. The van der Waals surface area contributed by atoms with E-state index in [-0.39, 0.29) is 18.2 Å². The van der Waals surface area contributed by atoms with Crippen LogP contribution in [-0.4, -0.2) is 32.8 Å². The van der Waals surface area contributed by atoms with Crippen LogP contribution in [0.3, 0.4) is 0 Å². The fourth-order valence-electron chi connectivity index (χ4n) is 2.56. The number of carbonyl (C=O) groups is 2. The van der Waals surface area contributed by atoms with Crippen LogP contribution < -0.4 is 4.80 Å². The monoisotopic (exact) mass is 372 g/mol. The van der Waals surface area contributed by atoms with E-state index < -0.39 is 5.91 Å². The molecule has 0 aliphatic carbocycles. The second-order valence-electron chi connectivity index (χ2n) is 5.96. The average molecular weight is 372 g/mol. The van der Waals surface area contributed by atoms with E-state index >= 15 is 0 Å². The van der Waals surface area contributed by atoms with Gasteiger partial charge in [0.25, 0.3) is 5.91 Å². The number of fused-ring (bicyclic) bond motifs is 1. The molecular formula is C18H20N4O3S. The first-order valence-electron chi connectivity index (χ1n) is 8.24. The molecule has 0 saturated heterocycles. The molecule has 7 nitrogen and oxygen atoms in total. The second kappa shape index (κ2) is 7.25. The first kappa shape index (κ1) is 18.1. The Labute approximate surface area is 154 Å². The first-order chi connectivity index (χ1) is 12.4. The van der Waals surface area contributed by atoms with Crippen molar-refractivity contribution in [3.8, 4) is 0 Å². The lowest BCUT2D eigenvalue weighted by atomic mass is 10.2. The van der Waals surface area contributed by atoms with Gasteiger partial charge < -0.3 is 9.30 Å². The molecule has 0 saturated carbocycles. The van der Waals surface area contributed by atoms with Gasteiger partial charge in [0.15, 0.2) is 10.5 Å². The van der Waals surface area contributed by atoms with Gasteiger partial charge in [-0.15, -0.1) is 0 Å². The van der Waals surface area contributed by atoms with Crippen molar-refractivity contribution in [3.05, 3.63) is 46.0 Å². The molecule has 8 heteroatoms. The third-order valence-electron chi connectivity index (χ3n) is 3.96. The summed E-state index contributed by atoms with van der Waals surface area (Å²) in [6.07, 6.45) is 0. The summed E-state index contributed by atoms with van der Waals surface area (Å²) < 4.78 is 9.35. The van der Waals surface area contributed by atoms with E-state index in [0.717, 1.165) is 21.5 Å². The average Bonchev–Trinajstić information content (AvgIpc) is 3.08. The van der Waals surface area contributed by atoms with Crippen LogP contribution in [0, 0.1) is 13.8 Å². The van der Waals surface area contributed by atoms with Crippen molar-refractivity contribution in [2.24, 2.45) is 12.0 Å². The number of nitrogens with zero attached hydrogens (tertiary/aromatic N) is 4. The number of amides is 1. The highest BCUT2D eigenvalue weighted by Crippen LogP contribution is 2.19. The molecule has 3 rings (SSSR count). The Morgan fingerprint density at radius 1 is 1.27 bits per heavy atom. The Kier molecular flexibility index (Phi) is 5.03. The number of rotatable bonds is 4. The van der Waals surface area contributed by atoms with Gasteiger partial charge in [0.05, 0.1) is 16.8 Å². The lowest BCUT2D eigenvalue weighted by molar-refractivity contribution is -0.143. The Morgan fingerprint density at radius 3 is 2.69 bits per heavy atom. The van der Waals surface area contributed by atoms with Gasteiger partial charge >= 0.3 is 5.97 Å². The molecule has 0 unspecified atom stereocenters. The van der Waals surface area contributed by atoms with Gasteiger partial charge in [-0.05, 0) is 44.5 Å². The zero-order chi connectivity index (χ0) is 18.8. The van der Waals surface area contributed by atoms with E-state index in [0.29, 0.717) is 11.4 Å². The maximum atomic E-state index is 12.5. The molecule has 26 heavy (non-hydrogen) atoms. The van der Waals surface area contributed by atoms with Crippen LogP contribution in [-0.2, 0) is 23.1 Å². The Bertz CT molecular complexity index is 1040. The number of carbonyl (C=O) groups excluding carboxylic acids is 2. The number of ether oxygens (including phenoxy) is 1. The SMILES string of the molecule is CCOC(=O)Cn1c(=NC(=O)c2cc(C)n(C)n2)sc2cc(C)ccc21. The molecule has 2 heterocycles. The third-order valence-corrected chi connectivity index (χ3v) is 5.00. The largest absolute Gasteiger partial charge is 0.465 e. The summed E-state index contributed by atoms with van der Waals surface area (Å²) in [4.78, 5) is 29.2. The van der Waals surface area contributed by atoms with Crippen molar-refractivity contribution < 1.29 is 14.3 Å². The van der Waals surface area contributed by atoms with Gasteiger partial charge in [-0.2, -0.15) is 10.1 Å². The minimum atomic E-state index is -0.436. The standard InChI is InChI=1S/C18H20N4O3S/c1-5-25-16(23)10-22-14-7-6-11(2)8-15(14)26-18(22)19-17(24)13-9-12(3)21(4)20-13/h6-9H,5,10H2,1-4H3. The molecule has 0 bridgehead atoms. The van der Waals surface area contributed by atoms with E-state index in [4.69, 9.17) is 4.74 Å². The van der Waals surface area contributed by atoms with Crippen molar-refractivity contribution in [2.75, 3.05) is 6.61 Å². The zero-order valence-electron chi connectivity index (χ0n) is 15.1. The number of thiazole rings is 1. The predicted octanol–water partition coefficient (Wildman–Crippen LogP) is 2.36. The van der Waals surface area contributed by atoms with E-state index in [1.54, 1.807) is 29.3 Å². The third kappa shape index (κ3) is 3.60. The van der Waals surface area contributed by atoms with Gasteiger partial charge in [-0.3, -0.25) is 14.3 Å². The quantitative estimate of drug-likeness (QED) is 0.659. The molecule has 0 fully saturated rings. The van der Waals surface area contributed by atoms with E-state index in [1.807, 2.05) is 32.0 Å². The highest BCUT2D eigenvalue weighted by Gasteiger charge is 2.14. The van der Waals surface area contributed by atoms with Crippen LogP contribution in [0.15, 0.2) is 29.3 Å². The molecule has 0 aliphatic heterocycles. The van der Waals surface area contributed by atoms with Gasteiger partial charge in [0, 0.05) is 12.7 Å². The Balaban J connectivity index is 2.10. The maximum Gasteiger partial charge on any atom is 0.326 e. The fourth-order valence-corrected chi connectivity index (χ4v) is 3.69. The zero-order valence-corrected chi connectivity index (χ0v) is 16.0. The summed E-state index contributed by atoms with van der Waals surface area (Å²) in [7, 11) is 1.77. The maximum absolute atomic E-state index is 12.5. The molecule has 0 spiro atoms. The number of benzene rings is 1. The number of hydrogen-bond donors (Lipinski definition) is 0. The molecule has 0 radical (unpaired) electrons. The molecule has 1 aromatic carbocycles. The molecular weight excluding hydrogens is 352 g/mol. The lowest BCUT2D eigenvalue weighted by Crippen LogP contribution is -2.23. The summed E-state index contributed by atoms with van der Waals surface area (Å²) in [6, 6.07) is 7.59. The number of aromatic nitrogens is 3. The van der Waals surface area contributed by atoms with Gasteiger partial charge in [0.2, 0.25) is 0 Å². The predicted molar refractivity (Wildman–Crippen MR) is 99.0 cm³/mol. The number of aryl methyl sites for hydroxylation is 3. The Morgan fingerprint density at radius 2 is 2.04 bits per heavy atom. The second-order valence-corrected chi connectivity index (χ2v) is 6.97. The fraction of sp³-hybridized carbons (Fsp3) is 0.333. The summed E-state index contributed by atoms with van der Waals surface area (Å²) >= 11 is 1.37. The first-order valence-corrected chi connectivity index (χ1v) is 9.06. The molecule has 2 aromatic heterocycles. The van der Waals surface area contributed by atoms with Gasteiger partial charge in [0.1, 0.15) is 6.54 Å². The molecule has 1 amide bonds.